The molecule has 1 saturated heterocycles. The Morgan fingerprint density at radius 1 is 1.33 bits per heavy atom. The van der Waals surface area contributed by atoms with Gasteiger partial charge in [0.25, 0.3) is 0 Å². The van der Waals surface area contributed by atoms with Crippen LogP contribution in [0.1, 0.15) is 25.7 Å². The zero-order valence-electron chi connectivity index (χ0n) is 14.5. The molecule has 148 valence electrons. The molecule has 1 aliphatic carbocycles. The molecule has 1 saturated carbocycles. The van der Waals surface area contributed by atoms with E-state index in [1.54, 1.807) is 0 Å². The molecule has 1 aliphatic heterocycles. The Morgan fingerprint density at radius 2 is 2.07 bits per heavy atom. The number of aliphatic hydroxyl groups is 3. The minimum atomic E-state index is -1.85. The summed E-state index contributed by atoms with van der Waals surface area (Å²) in [6.07, 6.45) is 0.758. The lowest BCUT2D eigenvalue weighted by atomic mass is 10.0. The third-order valence-electron chi connectivity index (χ3n) is 5.29. The number of rotatable bonds is 5. The molecule has 0 spiro atoms. The molecular weight excluding hydrogens is 361 g/mol. The largest absolute Gasteiger partial charge is 0.460 e. The van der Waals surface area contributed by atoms with Crippen LogP contribution in [0.25, 0.3) is 11.2 Å². The van der Waals surface area contributed by atoms with Gasteiger partial charge in [-0.25, -0.2) is 9.37 Å². The van der Waals surface area contributed by atoms with Crippen molar-refractivity contribution < 1.29 is 29.2 Å². The van der Waals surface area contributed by atoms with Gasteiger partial charge in [-0.15, -0.1) is 0 Å². The molecule has 2 aliphatic rings. The normalized spacial score (nSPS) is 31.8. The smallest absolute Gasteiger partial charge is 0.320 e. The van der Waals surface area contributed by atoms with Crippen molar-refractivity contribution in [2.75, 3.05) is 19.0 Å². The predicted octanol–water partition coefficient (Wildman–Crippen LogP) is -0.535. The lowest BCUT2D eigenvalue weighted by Crippen LogP contribution is -2.48. The van der Waals surface area contributed by atoms with Gasteiger partial charge in [0.05, 0.1) is 12.9 Å². The molecule has 2 fully saturated rings. The van der Waals surface area contributed by atoms with E-state index >= 15 is 0 Å². The second-order valence-corrected chi connectivity index (χ2v) is 6.95. The van der Waals surface area contributed by atoms with Crippen LogP contribution >= 0.6 is 0 Å². The second-order valence-electron chi connectivity index (χ2n) is 6.95. The van der Waals surface area contributed by atoms with Crippen molar-refractivity contribution in [3.8, 4) is 6.01 Å². The monoisotopic (exact) mass is 383 g/mol. The standard InChI is InChI=1S/C16H22FN5O5/c17-5-9-11(24)12(25)16(6-23,27-9)22-7-19-10-13(18)20-15(21-14(10)22)26-8-3-1-2-4-8/h7-9,11-12,23-25H,1-6H2,(H2,18,20,21)/t9-,11-,12-,16-/m1/s1. The Morgan fingerprint density at radius 3 is 2.70 bits per heavy atom. The summed E-state index contributed by atoms with van der Waals surface area (Å²) < 4.78 is 25.7. The Labute approximate surface area is 153 Å². The van der Waals surface area contributed by atoms with Gasteiger partial charge in [0.1, 0.15) is 31.1 Å². The van der Waals surface area contributed by atoms with Gasteiger partial charge >= 0.3 is 6.01 Å². The van der Waals surface area contributed by atoms with Crippen molar-refractivity contribution in [1.29, 1.82) is 0 Å². The average Bonchev–Trinajstić information content (AvgIpc) is 3.37. The lowest BCUT2D eigenvalue weighted by Gasteiger charge is -2.31. The first-order chi connectivity index (χ1) is 13.0. The second kappa shape index (κ2) is 6.82. The summed E-state index contributed by atoms with van der Waals surface area (Å²) in [5.41, 5.74) is 4.48. The van der Waals surface area contributed by atoms with Crippen LogP contribution < -0.4 is 10.5 Å². The zero-order valence-corrected chi connectivity index (χ0v) is 14.5. The highest BCUT2D eigenvalue weighted by molar-refractivity contribution is 5.82. The molecule has 0 unspecified atom stereocenters. The summed E-state index contributed by atoms with van der Waals surface area (Å²) in [4.78, 5) is 12.5. The number of alkyl halides is 1. The molecule has 4 atom stereocenters. The fourth-order valence-electron chi connectivity index (χ4n) is 3.79. The van der Waals surface area contributed by atoms with Gasteiger partial charge in [0, 0.05) is 0 Å². The van der Waals surface area contributed by atoms with Crippen molar-refractivity contribution in [3.05, 3.63) is 6.33 Å². The highest BCUT2D eigenvalue weighted by Crippen LogP contribution is 2.38. The highest BCUT2D eigenvalue weighted by atomic mass is 19.1. The van der Waals surface area contributed by atoms with Crippen LogP contribution in [0.4, 0.5) is 10.2 Å². The van der Waals surface area contributed by atoms with Crippen molar-refractivity contribution >= 4 is 17.0 Å². The maximum Gasteiger partial charge on any atom is 0.320 e. The van der Waals surface area contributed by atoms with Crippen LogP contribution in [0.5, 0.6) is 6.01 Å². The Hall–Kier alpha value is -2.08. The summed E-state index contributed by atoms with van der Waals surface area (Å²) >= 11 is 0. The highest BCUT2D eigenvalue weighted by Gasteiger charge is 2.56. The van der Waals surface area contributed by atoms with Gasteiger partial charge in [0.2, 0.25) is 0 Å². The molecule has 2 aromatic heterocycles. The Bertz CT molecular complexity index is 829. The van der Waals surface area contributed by atoms with E-state index in [9.17, 15) is 19.7 Å². The van der Waals surface area contributed by atoms with Crippen molar-refractivity contribution in [2.45, 2.75) is 55.8 Å². The van der Waals surface area contributed by atoms with E-state index in [1.165, 1.54) is 10.9 Å². The maximum absolute atomic E-state index is 13.1. The number of anilines is 1. The lowest BCUT2D eigenvalue weighted by molar-refractivity contribution is -0.166. The van der Waals surface area contributed by atoms with Crippen molar-refractivity contribution in [1.82, 2.24) is 19.5 Å². The first-order valence-electron chi connectivity index (χ1n) is 8.88. The van der Waals surface area contributed by atoms with E-state index in [0.29, 0.717) is 0 Å². The van der Waals surface area contributed by atoms with Gasteiger partial charge in [-0.05, 0) is 25.7 Å². The van der Waals surface area contributed by atoms with Gasteiger partial charge in [-0.2, -0.15) is 9.97 Å². The molecular formula is C16H22FN5O5. The number of nitrogens with two attached hydrogens (primary N) is 1. The van der Waals surface area contributed by atoms with Gasteiger partial charge in [-0.1, -0.05) is 0 Å². The van der Waals surface area contributed by atoms with E-state index < -0.39 is 37.3 Å². The maximum atomic E-state index is 13.1. The molecule has 0 amide bonds. The third kappa shape index (κ3) is 2.81. The van der Waals surface area contributed by atoms with Crippen LogP contribution in [-0.2, 0) is 10.5 Å². The number of nitrogens with zero attached hydrogens (tertiary/aromatic N) is 4. The van der Waals surface area contributed by atoms with Crippen LogP contribution in [0.2, 0.25) is 0 Å². The van der Waals surface area contributed by atoms with Crippen molar-refractivity contribution in [3.63, 3.8) is 0 Å². The number of halogens is 1. The number of fused-ring (bicyclic) bond motifs is 1. The Balaban J connectivity index is 1.78. The topological polar surface area (TPSA) is 149 Å². The molecule has 27 heavy (non-hydrogen) atoms. The van der Waals surface area contributed by atoms with E-state index in [2.05, 4.69) is 15.0 Å². The minimum absolute atomic E-state index is 0.00363. The predicted molar refractivity (Wildman–Crippen MR) is 90.5 cm³/mol. The fraction of sp³-hybridized carbons (Fsp3) is 0.688. The SMILES string of the molecule is Nc1nc(OC2CCCC2)nc2c1ncn2[C@]1(CO)O[C@H](CF)[C@@H](O)[C@H]1O. The number of hydrogen-bond acceptors (Lipinski definition) is 9. The van der Waals surface area contributed by atoms with Crippen molar-refractivity contribution in [2.24, 2.45) is 0 Å². The summed E-state index contributed by atoms with van der Waals surface area (Å²) in [5.74, 6) is 0.0647. The van der Waals surface area contributed by atoms with Crippen LogP contribution in [0, 0.1) is 0 Å². The number of ether oxygens (including phenoxy) is 2. The summed E-state index contributed by atoms with van der Waals surface area (Å²) in [6.45, 7) is -1.77. The van der Waals surface area contributed by atoms with E-state index in [-0.39, 0.29) is 29.1 Å². The zero-order chi connectivity index (χ0) is 19.2. The molecule has 11 heteroatoms. The number of nitrogen functional groups attached to an aromatic ring is 1. The summed E-state index contributed by atoms with van der Waals surface area (Å²) in [7, 11) is 0. The molecule has 0 bridgehead atoms. The first-order valence-corrected chi connectivity index (χ1v) is 8.88. The molecule has 0 aromatic carbocycles. The van der Waals surface area contributed by atoms with E-state index in [4.69, 9.17) is 15.2 Å². The van der Waals surface area contributed by atoms with Crippen LogP contribution in [0.15, 0.2) is 6.33 Å². The van der Waals surface area contributed by atoms with Gasteiger partial charge < -0.3 is 30.5 Å². The molecule has 2 aromatic rings. The fourth-order valence-corrected chi connectivity index (χ4v) is 3.79. The van der Waals surface area contributed by atoms with Crippen LogP contribution in [-0.4, -0.2) is 72.5 Å². The number of aliphatic hydroxyl groups excluding tert-OH is 3. The van der Waals surface area contributed by atoms with Crippen LogP contribution in [0.3, 0.4) is 0 Å². The molecule has 3 heterocycles. The van der Waals surface area contributed by atoms with E-state index in [1.807, 2.05) is 0 Å². The first kappa shape index (κ1) is 18.3. The molecule has 10 nitrogen and oxygen atoms in total. The van der Waals surface area contributed by atoms with Gasteiger partial charge in [0.15, 0.2) is 22.7 Å². The molecule has 5 N–H and O–H groups in total. The van der Waals surface area contributed by atoms with E-state index in [0.717, 1.165) is 25.7 Å². The third-order valence-corrected chi connectivity index (χ3v) is 5.29. The molecule has 4 rings (SSSR count). The Kier molecular flexibility index (Phi) is 4.62. The van der Waals surface area contributed by atoms with Gasteiger partial charge in [-0.3, -0.25) is 4.57 Å². The molecule has 0 radical (unpaired) electrons. The number of aromatic nitrogens is 4. The number of imidazole rings is 1. The summed E-state index contributed by atoms with van der Waals surface area (Å²) in [5, 5.41) is 30.4. The minimum Gasteiger partial charge on any atom is -0.460 e. The average molecular weight is 383 g/mol. The summed E-state index contributed by atoms with van der Waals surface area (Å²) in [6, 6.07) is 0.0526. The quantitative estimate of drug-likeness (QED) is 0.534. The number of hydrogen-bond donors (Lipinski definition) is 4.